The average Bonchev–Trinajstić information content (AvgIpc) is 1.24. The van der Waals surface area contributed by atoms with E-state index >= 15 is 0 Å². The molecule has 7 heavy (non-hydrogen) atoms. The van der Waals surface area contributed by atoms with E-state index in [9.17, 15) is 0 Å². The molecule has 0 radical (unpaired) electrons. The molecule has 0 aromatic carbocycles. The zero-order chi connectivity index (χ0) is 4.85. The fourth-order valence-electron chi connectivity index (χ4n) is 1.70. The lowest BCUT2D eigenvalue weighted by molar-refractivity contribution is -0.107. The van der Waals surface area contributed by atoms with Crippen LogP contribution in [0.5, 0.6) is 0 Å². The number of aliphatic hydroxyl groups excluding tert-OH is 1. The summed E-state index contributed by atoms with van der Waals surface area (Å²) in [5.41, 5.74) is 0. The van der Waals surface area contributed by atoms with Crippen molar-refractivity contribution < 1.29 is 5.11 Å². The van der Waals surface area contributed by atoms with Crippen molar-refractivity contribution in [3.05, 3.63) is 0 Å². The fraction of sp³-hybridized carbons (Fsp3) is 1.00. The smallest absolute Gasteiger partial charge is 0.0464 e. The highest BCUT2D eigenvalue weighted by molar-refractivity contribution is 5.00. The Hall–Kier alpha value is -0.0400. The Balaban J connectivity index is 1.94. The first-order valence-corrected chi connectivity index (χ1v) is 3.02. The van der Waals surface area contributed by atoms with Crippen molar-refractivity contribution in [2.45, 2.75) is 12.8 Å². The van der Waals surface area contributed by atoms with Gasteiger partial charge in [0.15, 0.2) is 0 Å². The highest BCUT2D eigenvalue weighted by Crippen LogP contribution is 2.58. The number of rotatable bonds is 1. The number of aliphatic hydroxyl groups is 1. The van der Waals surface area contributed by atoms with Crippen LogP contribution in [0, 0.1) is 17.8 Å². The minimum Gasteiger partial charge on any atom is -0.396 e. The molecule has 0 atom stereocenters. The number of hydrogen-bond donors (Lipinski definition) is 1. The lowest BCUT2D eigenvalue weighted by Crippen LogP contribution is -2.51. The standard InChI is InChI=1S/C6H10O/c7-3-6-4-1-5(6)2-4/h4-7H,1-3H2. The van der Waals surface area contributed by atoms with Gasteiger partial charge < -0.3 is 5.11 Å². The Kier molecular flexibility index (Phi) is 0.571. The van der Waals surface area contributed by atoms with Crippen LogP contribution in [0.4, 0.5) is 0 Å². The quantitative estimate of drug-likeness (QED) is 0.510. The summed E-state index contributed by atoms with van der Waals surface area (Å²) in [7, 11) is 0. The molecule has 3 rings (SSSR count). The topological polar surface area (TPSA) is 20.2 Å². The molecule has 0 spiro atoms. The summed E-state index contributed by atoms with van der Waals surface area (Å²) >= 11 is 0. The maximum atomic E-state index is 8.59. The second-order valence-electron chi connectivity index (χ2n) is 2.84. The van der Waals surface area contributed by atoms with Gasteiger partial charge in [0, 0.05) is 6.61 Å². The Morgan fingerprint density at radius 1 is 1.29 bits per heavy atom. The molecule has 40 valence electrons. The Bertz CT molecular complexity index is 76.2. The maximum absolute atomic E-state index is 8.59. The van der Waals surface area contributed by atoms with Crippen molar-refractivity contribution in [1.29, 1.82) is 0 Å². The van der Waals surface area contributed by atoms with Crippen LogP contribution in [0.15, 0.2) is 0 Å². The molecule has 3 aliphatic carbocycles. The predicted molar refractivity (Wildman–Crippen MR) is 26.8 cm³/mol. The van der Waals surface area contributed by atoms with Crippen LogP contribution < -0.4 is 0 Å². The third kappa shape index (κ3) is 0.290. The molecule has 0 unspecified atom stereocenters. The van der Waals surface area contributed by atoms with E-state index in [1.807, 2.05) is 0 Å². The summed E-state index contributed by atoms with van der Waals surface area (Å²) in [6.07, 6.45) is 2.84. The van der Waals surface area contributed by atoms with Gasteiger partial charge in [0.05, 0.1) is 0 Å². The molecule has 1 nitrogen and oxygen atoms in total. The molecule has 0 saturated heterocycles. The third-order valence-electron chi connectivity index (χ3n) is 2.63. The number of hydrogen-bond acceptors (Lipinski definition) is 1. The fourth-order valence-corrected chi connectivity index (χ4v) is 1.70. The van der Waals surface area contributed by atoms with Gasteiger partial charge in [0.1, 0.15) is 0 Å². The first-order valence-electron chi connectivity index (χ1n) is 3.02. The Labute approximate surface area is 43.3 Å². The molecule has 1 N–H and O–H groups in total. The van der Waals surface area contributed by atoms with Gasteiger partial charge in [-0.2, -0.15) is 0 Å². The summed E-state index contributed by atoms with van der Waals surface area (Å²) in [4.78, 5) is 0. The molecule has 3 fully saturated rings. The van der Waals surface area contributed by atoms with Crippen molar-refractivity contribution in [2.75, 3.05) is 6.61 Å². The van der Waals surface area contributed by atoms with Crippen LogP contribution in [0.25, 0.3) is 0 Å². The average molecular weight is 98.1 g/mol. The van der Waals surface area contributed by atoms with E-state index in [4.69, 9.17) is 5.11 Å². The third-order valence-corrected chi connectivity index (χ3v) is 2.63. The molecular weight excluding hydrogens is 88.1 g/mol. The van der Waals surface area contributed by atoms with Gasteiger partial charge in [-0.25, -0.2) is 0 Å². The van der Waals surface area contributed by atoms with Crippen LogP contribution in [0.1, 0.15) is 12.8 Å². The SMILES string of the molecule is OCC1C2CC1C2. The zero-order valence-electron chi connectivity index (χ0n) is 4.30. The van der Waals surface area contributed by atoms with Crippen molar-refractivity contribution >= 4 is 0 Å². The van der Waals surface area contributed by atoms with Crippen molar-refractivity contribution in [3.63, 3.8) is 0 Å². The van der Waals surface area contributed by atoms with E-state index in [0.717, 1.165) is 17.8 Å². The summed E-state index contributed by atoms with van der Waals surface area (Å²) < 4.78 is 0. The second-order valence-corrected chi connectivity index (χ2v) is 2.84. The van der Waals surface area contributed by atoms with Gasteiger partial charge in [0.2, 0.25) is 0 Å². The van der Waals surface area contributed by atoms with Crippen molar-refractivity contribution in [1.82, 2.24) is 0 Å². The molecule has 3 saturated carbocycles. The first-order chi connectivity index (χ1) is 3.42. The zero-order valence-corrected chi connectivity index (χ0v) is 4.30. The van der Waals surface area contributed by atoms with Gasteiger partial charge in [-0.3, -0.25) is 0 Å². The summed E-state index contributed by atoms with van der Waals surface area (Å²) in [6, 6.07) is 0. The summed E-state index contributed by atoms with van der Waals surface area (Å²) in [5.74, 6) is 2.62. The molecule has 2 bridgehead atoms. The van der Waals surface area contributed by atoms with Crippen LogP contribution >= 0.6 is 0 Å². The van der Waals surface area contributed by atoms with Crippen molar-refractivity contribution in [2.24, 2.45) is 17.8 Å². The molecule has 3 aliphatic rings. The molecule has 0 aromatic heterocycles. The van der Waals surface area contributed by atoms with Crippen LogP contribution in [-0.4, -0.2) is 11.7 Å². The summed E-state index contributed by atoms with van der Waals surface area (Å²) in [6.45, 7) is 0.454. The minimum absolute atomic E-state index is 0.454. The highest BCUT2D eigenvalue weighted by Gasteiger charge is 2.51. The Morgan fingerprint density at radius 3 is 1.86 bits per heavy atom. The lowest BCUT2D eigenvalue weighted by atomic mass is 9.48. The molecule has 0 amide bonds. The van der Waals surface area contributed by atoms with Crippen LogP contribution in [-0.2, 0) is 0 Å². The van der Waals surface area contributed by atoms with Gasteiger partial charge in [-0.1, -0.05) is 0 Å². The van der Waals surface area contributed by atoms with E-state index in [-0.39, 0.29) is 0 Å². The summed E-state index contributed by atoms with van der Waals surface area (Å²) in [5, 5.41) is 8.59. The molecular formula is C6H10O. The second kappa shape index (κ2) is 1.03. The lowest BCUT2D eigenvalue weighted by Gasteiger charge is -2.57. The predicted octanol–water partition coefficient (Wildman–Crippen LogP) is 0.635. The minimum atomic E-state index is 0.454. The van der Waals surface area contributed by atoms with E-state index in [1.54, 1.807) is 0 Å². The van der Waals surface area contributed by atoms with Gasteiger partial charge >= 0.3 is 0 Å². The molecule has 0 aliphatic heterocycles. The van der Waals surface area contributed by atoms with Gasteiger partial charge in [-0.15, -0.1) is 0 Å². The van der Waals surface area contributed by atoms with Crippen molar-refractivity contribution in [3.8, 4) is 0 Å². The molecule has 1 heteroatoms. The van der Waals surface area contributed by atoms with Crippen LogP contribution in [0.3, 0.4) is 0 Å². The van der Waals surface area contributed by atoms with Gasteiger partial charge in [0.25, 0.3) is 0 Å². The largest absolute Gasteiger partial charge is 0.396 e. The van der Waals surface area contributed by atoms with E-state index in [2.05, 4.69) is 0 Å². The molecule has 0 aromatic rings. The first kappa shape index (κ1) is 3.90. The Morgan fingerprint density at radius 2 is 1.86 bits per heavy atom. The van der Waals surface area contributed by atoms with E-state index < -0.39 is 0 Å². The van der Waals surface area contributed by atoms with E-state index in [1.165, 1.54) is 12.8 Å². The maximum Gasteiger partial charge on any atom is 0.0464 e. The normalized spacial score (nSPS) is 55.3. The highest BCUT2D eigenvalue weighted by atomic mass is 16.3. The van der Waals surface area contributed by atoms with Crippen LogP contribution in [0.2, 0.25) is 0 Å². The van der Waals surface area contributed by atoms with Gasteiger partial charge in [-0.05, 0) is 30.6 Å². The monoisotopic (exact) mass is 98.1 g/mol. The van der Waals surface area contributed by atoms with E-state index in [0.29, 0.717) is 6.61 Å². The molecule has 0 heterocycles.